The van der Waals surface area contributed by atoms with Crippen LogP contribution in [0, 0.1) is 0 Å². The van der Waals surface area contributed by atoms with Crippen LogP contribution in [0.3, 0.4) is 0 Å². The lowest BCUT2D eigenvalue weighted by atomic mass is 10.0. The normalized spacial score (nSPS) is 17.7. The van der Waals surface area contributed by atoms with Crippen LogP contribution in [0.5, 0.6) is 0 Å². The Labute approximate surface area is 156 Å². The lowest BCUT2D eigenvalue weighted by Gasteiger charge is -2.33. The van der Waals surface area contributed by atoms with Crippen LogP contribution < -0.4 is 0 Å². The van der Waals surface area contributed by atoms with Crippen LogP contribution in [0.1, 0.15) is 23.1 Å². The Morgan fingerprint density at radius 1 is 1.19 bits per heavy atom. The number of alkyl halides is 3. The average Bonchev–Trinajstić information content (AvgIpc) is 2.67. The molecule has 144 valence electrons. The maximum atomic E-state index is 12.9. The van der Waals surface area contributed by atoms with Crippen molar-refractivity contribution in [1.82, 2.24) is 9.88 Å². The Kier molecular flexibility index (Phi) is 6.11. The minimum atomic E-state index is -4.36. The zero-order chi connectivity index (χ0) is 19.3. The van der Waals surface area contributed by atoms with E-state index in [0.29, 0.717) is 44.5 Å². The van der Waals surface area contributed by atoms with E-state index in [1.807, 2.05) is 12.1 Å². The van der Waals surface area contributed by atoms with Gasteiger partial charge in [0.2, 0.25) is 5.91 Å². The van der Waals surface area contributed by atoms with E-state index in [9.17, 15) is 18.0 Å². The van der Waals surface area contributed by atoms with Crippen molar-refractivity contribution in [2.24, 2.45) is 0 Å². The van der Waals surface area contributed by atoms with Crippen molar-refractivity contribution in [3.63, 3.8) is 0 Å². The van der Waals surface area contributed by atoms with Gasteiger partial charge in [0.25, 0.3) is 0 Å². The standard InChI is InChI=1S/C20H21F3N2O2/c21-20(22,23)17-3-1-2-16(12-17)13-18-14-25(10-11-27-18)19(26)5-4-15-6-8-24-9-7-15/h1-3,6-9,12,18H,4-5,10-11,13-14H2. The topological polar surface area (TPSA) is 42.4 Å². The fourth-order valence-corrected chi connectivity index (χ4v) is 3.17. The molecule has 1 aromatic carbocycles. The number of benzene rings is 1. The van der Waals surface area contributed by atoms with Crippen molar-refractivity contribution in [2.75, 3.05) is 19.7 Å². The first kappa shape index (κ1) is 19.4. The van der Waals surface area contributed by atoms with E-state index in [4.69, 9.17) is 4.74 Å². The maximum absolute atomic E-state index is 12.9. The average molecular weight is 378 g/mol. The summed E-state index contributed by atoms with van der Waals surface area (Å²) in [6.07, 6.45) is 0.0969. The Balaban J connectivity index is 1.55. The van der Waals surface area contributed by atoms with Crippen LogP contribution in [0.25, 0.3) is 0 Å². The zero-order valence-electron chi connectivity index (χ0n) is 14.8. The second-order valence-electron chi connectivity index (χ2n) is 6.59. The highest BCUT2D eigenvalue weighted by molar-refractivity contribution is 5.76. The van der Waals surface area contributed by atoms with E-state index in [1.165, 1.54) is 6.07 Å². The predicted octanol–water partition coefficient (Wildman–Crippen LogP) is 3.50. The zero-order valence-corrected chi connectivity index (χ0v) is 14.8. The third-order valence-corrected chi connectivity index (χ3v) is 4.59. The Morgan fingerprint density at radius 2 is 1.96 bits per heavy atom. The first-order chi connectivity index (χ1) is 12.9. The van der Waals surface area contributed by atoms with E-state index in [0.717, 1.165) is 17.7 Å². The van der Waals surface area contributed by atoms with Gasteiger partial charge >= 0.3 is 6.18 Å². The van der Waals surface area contributed by atoms with Crippen LogP contribution >= 0.6 is 0 Å². The van der Waals surface area contributed by atoms with Crippen LogP contribution in [-0.4, -0.2) is 41.6 Å². The molecule has 1 aliphatic heterocycles. The Morgan fingerprint density at radius 3 is 2.70 bits per heavy atom. The van der Waals surface area contributed by atoms with Crippen LogP contribution in [0.4, 0.5) is 13.2 Å². The minimum absolute atomic E-state index is 0.0316. The number of hydrogen-bond acceptors (Lipinski definition) is 3. The number of amides is 1. The molecule has 0 N–H and O–H groups in total. The van der Waals surface area contributed by atoms with Crippen molar-refractivity contribution >= 4 is 5.91 Å². The van der Waals surface area contributed by atoms with Gasteiger partial charge in [-0.2, -0.15) is 13.2 Å². The Hall–Kier alpha value is -2.41. The molecule has 0 bridgehead atoms. The number of aryl methyl sites for hydroxylation is 1. The number of hydrogen-bond donors (Lipinski definition) is 0. The van der Waals surface area contributed by atoms with Gasteiger partial charge in [-0.05, 0) is 35.7 Å². The van der Waals surface area contributed by atoms with Gasteiger partial charge in [0, 0.05) is 38.3 Å². The van der Waals surface area contributed by atoms with Crippen molar-refractivity contribution < 1.29 is 22.7 Å². The number of ether oxygens (including phenoxy) is 1. The molecule has 0 saturated carbocycles. The molecule has 1 saturated heterocycles. The minimum Gasteiger partial charge on any atom is -0.374 e. The first-order valence-electron chi connectivity index (χ1n) is 8.86. The van der Waals surface area contributed by atoms with Gasteiger partial charge in [0.15, 0.2) is 0 Å². The molecule has 0 spiro atoms. The summed E-state index contributed by atoms with van der Waals surface area (Å²) in [5, 5.41) is 0. The van der Waals surface area contributed by atoms with Gasteiger partial charge < -0.3 is 9.64 Å². The molecule has 1 aliphatic rings. The molecule has 2 aromatic rings. The number of rotatable bonds is 5. The molecule has 4 nitrogen and oxygen atoms in total. The number of pyridine rings is 1. The number of aromatic nitrogens is 1. The summed E-state index contributed by atoms with van der Waals surface area (Å²) in [4.78, 5) is 18.2. The van der Waals surface area contributed by atoms with E-state index in [1.54, 1.807) is 23.4 Å². The second kappa shape index (κ2) is 8.52. The maximum Gasteiger partial charge on any atom is 0.416 e. The molecule has 1 fully saturated rings. The van der Waals surface area contributed by atoms with Gasteiger partial charge in [0.05, 0.1) is 18.3 Å². The molecule has 1 unspecified atom stereocenters. The molecular formula is C20H21F3N2O2. The fourth-order valence-electron chi connectivity index (χ4n) is 3.17. The van der Waals surface area contributed by atoms with E-state index in [2.05, 4.69) is 4.98 Å². The lowest BCUT2D eigenvalue weighted by molar-refractivity contribution is -0.138. The number of carbonyl (C=O) groups excluding carboxylic acids is 1. The smallest absolute Gasteiger partial charge is 0.374 e. The molecule has 1 atom stereocenters. The molecule has 7 heteroatoms. The summed E-state index contributed by atoms with van der Waals surface area (Å²) in [6.45, 7) is 1.30. The third kappa shape index (κ3) is 5.53. The van der Waals surface area contributed by atoms with Crippen LogP contribution in [-0.2, 0) is 28.5 Å². The molecule has 27 heavy (non-hydrogen) atoms. The van der Waals surface area contributed by atoms with Gasteiger partial charge in [-0.3, -0.25) is 9.78 Å². The summed E-state index contributed by atoms with van der Waals surface area (Å²) in [5.74, 6) is 0.0316. The summed E-state index contributed by atoms with van der Waals surface area (Å²) >= 11 is 0. The quantitative estimate of drug-likeness (QED) is 0.800. The second-order valence-corrected chi connectivity index (χ2v) is 6.59. The molecule has 1 amide bonds. The van der Waals surface area contributed by atoms with Gasteiger partial charge in [-0.25, -0.2) is 0 Å². The third-order valence-electron chi connectivity index (χ3n) is 4.59. The van der Waals surface area contributed by atoms with Crippen molar-refractivity contribution in [3.05, 3.63) is 65.5 Å². The van der Waals surface area contributed by atoms with Crippen LogP contribution in [0.2, 0.25) is 0 Å². The SMILES string of the molecule is O=C(CCc1ccncc1)N1CCOC(Cc2cccc(C(F)(F)F)c2)C1. The van der Waals surface area contributed by atoms with Gasteiger partial charge in [0.1, 0.15) is 0 Å². The predicted molar refractivity (Wildman–Crippen MR) is 94.0 cm³/mol. The van der Waals surface area contributed by atoms with E-state index in [-0.39, 0.29) is 12.0 Å². The summed E-state index contributed by atoms with van der Waals surface area (Å²) in [6, 6.07) is 9.02. The van der Waals surface area contributed by atoms with E-state index < -0.39 is 11.7 Å². The molecule has 0 aliphatic carbocycles. The lowest BCUT2D eigenvalue weighted by Crippen LogP contribution is -2.46. The van der Waals surface area contributed by atoms with Crippen molar-refractivity contribution in [1.29, 1.82) is 0 Å². The number of nitrogens with zero attached hydrogens (tertiary/aromatic N) is 2. The van der Waals surface area contributed by atoms with Gasteiger partial charge in [-0.1, -0.05) is 18.2 Å². The van der Waals surface area contributed by atoms with Gasteiger partial charge in [-0.15, -0.1) is 0 Å². The molecular weight excluding hydrogens is 357 g/mol. The Bertz CT molecular complexity index is 765. The molecule has 1 aromatic heterocycles. The number of carbonyl (C=O) groups is 1. The molecule has 0 radical (unpaired) electrons. The van der Waals surface area contributed by atoms with Crippen LogP contribution in [0.15, 0.2) is 48.8 Å². The largest absolute Gasteiger partial charge is 0.416 e. The number of morpholine rings is 1. The van der Waals surface area contributed by atoms with Crippen molar-refractivity contribution in [2.45, 2.75) is 31.5 Å². The molecule has 2 heterocycles. The monoisotopic (exact) mass is 378 g/mol. The highest BCUT2D eigenvalue weighted by Crippen LogP contribution is 2.30. The highest BCUT2D eigenvalue weighted by Gasteiger charge is 2.31. The molecule has 3 rings (SSSR count). The summed E-state index contributed by atoms with van der Waals surface area (Å²) in [5.41, 5.74) is 0.939. The highest BCUT2D eigenvalue weighted by atomic mass is 19.4. The fraction of sp³-hybridized carbons (Fsp3) is 0.400. The van der Waals surface area contributed by atoms with Crippen molar-refractivity contribution in [3.8, 4) is 0 Å². The first-order valence-corrected chi connectivity index (χ1v) is 8.86. The number of halogens is 3. The summed E-state index contributed by atoms with van der Waals surface area (Å²) < 4.78 is 44.2. The summed E-state index contributed by atoms with van der Waals surface area (Å²) in [7, 11) is 0. The van der Waals surface area contributed by atoms with E-state index >= 15 is 0 Å².